The second kappa shape index (κ2) is 4.27. The fourth-order valence-corrected chi connectivity index (χ4v) is 1.88. The number of benzene rings is 2. The van der Waals surface area contributed by atoms with E-state index in [9.17, 15) is 8.78 Å². The molecule has 15 heavy (non-hydrogen) atoms. The fraction of sp³-hybridized carbons (Fsp3) is 0.167. The third-order valence-corrected chi connectivity index (χ3v) is 2.98. The fourth-order valence-electron chi connectivity index (χ4n) is 1.53. The highest BCUT2D eigenvalue weighted by Crippen LogP contribution is 2.24. The quantitative estimate of drug-likeness (QED) is 0.696. The van der Waals surface area contributed by atoms with Crippen LogP contribution in [-0.4, -0.2) is 0 Å². The molecule has 0 aliphatic heterocycles. The summed E-state index contributed by atoms with van der Waals surface area (Å²) in [7, 11) is 0. The van der Waals surface area contributed by atoms with Crippen molar-refractivity contribution in [3.05, 3.63) is 47.5 Å². The zero-order valence-electron chi connectivity index (χ0n) is 7.88. The second-order valence-electron chi connectivity index (χ2n) is 3.38. The molecule has 2 aromatic rings. The molecular weight excluding hydrogens is 262 g/mol. The van der Waals surface area contributed by atoms with Crippen molar-refractivity contribution in [3.63, 3.8) is 0 Å². The number of hydrogen-bond donors (Lipinski definition) is 0. The lowest BCUT2D eigenvalue weighted by atomic mass is 10.1. The third kappa shape index (κ3) is 2.17. The highest BCUT2D eigenvalue weighted by atomic mass is 79.9. The van der Waals surface area contributed by atoms with Gasteiger partial charge in [-0.1, -0.05) is 46.3 Å². The molecule has 2 rings (SSSR count). The molecule has 0 spiro atoms. The Labute approximate surface area is 95.0 Å². The zero-order valence-corrected chi connectivity index (χ0v) is 9.47. The number of hydrogen-bond acceptors (Lipinski definition) is 0. The standard InChI is InChI=1S/C12H9BrF2/c13-7-8-1-2-9-3-4-10(12(14)15)6-11(9)5-8/h1-6,12H,7H2. The van der Waals surface area contributed by atoms with Gasteiger partial charge in [-0.3, -0.25) is 0 Å². The molecule has 0 fully saturated rings. The van der Waals surface area contributed by atoms with Gasteiger partial charge in [0, 0.05) is 10.9 Å². The zero-order chi connectivity index (χ0) is 10.8. The van der Waals surface area contributed by atoms with Crippen molar-refractivity contribution >= 4 is 26.7 Å². The van der Waals surface area contributed by atoms with Crippen molar-refractivity contribution in [3.8, 4) is 0 Å². The van der Waals surface area contributed by atoms with Crippen LogP contribution >= 0.6 is 15.9 Å². The van der Waals surface area contributed by atoms with E-state index in [0.717, 1.165) is 21.7 Å². The van der Waals surface area contributed by atoms with Crippen LogP contribution in [0.1, 0.15) is 17.6 Å². The minimum Gasteiger partial charge on any atom is -0.205 e. The summed E-state index contributed by atoms with van der Waals surface area (Å²) in [5.74, 6) is 0. The van der Waals surface area contributed by atoms with Gasteiger partial charge in [-0.25, -0.2) is 8.78 Å². The second-order valence-corrected chi connectivity index (χ2v) is 3.94. The van der Waals surface area contributed by atoms with Crippen LogP contribution < -0.4 is 0 Å². The summed E-state index contributed by atoms with van der Waals surface area (Å²) in [5, 5.41) is 2.59. The minimum absolute atomic E-state index is 0.0780. The maximum atomic E-state index is 12.5. The lowest BCUT2D eigenvalue weighted by Gasteiger charge is -2.04. The lowest BCUT2D eigenvalue weighted by Crippen LogP contribution is -1.85. The monoisotopic (exact) mass is 270 g/mol. The van der Waals surface area contributed by atoms with E-state index in [1.54, 1.807) is 12.1 Å². The van der Waals surface area contributed by atoms with E-state index < -0.39 is 6.43 Å². The molecule has 0 saturated heterocycles. The molecule has 0 unspecified atom stereocenters. The molecule has 0 N–H and O–H groups in total. The lowest BCUT2D eigenvalue weighted by molar-refractivity contribution is 0.151. The molecule has 0 bridgehead atoms. The number of halogens is 3. The van der Waals surface area contributed by atoms with Crippen LogP contribution in [-0.2, 0) is 5.33 Å². The molecule has 0 radical (unpaired) electrons. The van der Waals surface area contributed by atoms with Gasteiger partial charge in [0.25, 0.3) is 6.43 Å². The highest BCUT2D eigenvalue weighted by molar-refractivity contribution is 9.08. The van der Waals surface area contributed by atoms with Gasteiger partial charge in [0.1, 0.15) is 0 Å². The third-order valence-electron chi connectivity index (χ3n) is 2.33. The van der Waals surface area contributed by atoms with Gasteiger partial charge < -0.3 is 0 Å². The van der Waals surface area contributed by atoms with Crippen molar-refractivity contribution < 1.29 is 8.78 Å². The van der Waals surface area contributed by atoms with Gasteiger partial charge in [-0.05, 0) is 22.4 Å². The van der Waals surface area contributed by atoms with E-state index >= 15 is 0 Å². The van der Waals surface area contributed by atoms with E-state index in [4.69, 9.17) is 0 Å². The summed E-state index contributed by atoms with van der Waals surface area (Å²) in [5.41, 5.74) is 1.17. The first-order valence-corrected chi connectivity index (χ1v) is 5.69. The van der Waals surface area contributed by atoms with Crippen LogP contribution in [0.2, 0.25) is 0 Å². The van der Waals surface area contributed by atoms with Crippen LogP contribution in [0.25, 0.3) is 10.8 Å². The Kier molecular flexibility index (Phi) is 3.00. The van der Waals surface area contributed by atoms with Gasteiger partial charge in [-0.2, -0.15) is 0 Å². The molecule has 0 aliphatic rings. The van der Waals surface area contributed by atoms with Crippen molar-refractivity contribution in [1.29, 1.82) is 0 Å². The Morgan fingerprint density at radius 1 is 1.00 bits per heavy atom. The smallest absolute Gasteiger partial charge is 0.205 e. The maximum Gasteiger partial charge on any atom is 0.263 e. The number of rotatable bonds is 2. The SMILES string of the molecule is FC(F)c1ccc2ccc(CBr)cc2c1. The Bertz CT molecular complexity index is 480. The molecule has 0 heterocycles. The number of fused-ring (bicyclic) bond motifs is 1. The summed E-state index contributed by atoms with van der Waals surface area (Å²) < 4.78 is 24.9. The molecule has 0 aliphatic carbocycles. The first kappa shape index (κ1) is 10.6. The Morgan fingerprint density at radius 2 is 1.73 bits per heavy atom. The van der Waals surface area contributed by atoms with Gasteiger partial charge in [0.2, 0.25) is 0 Å². The van der Waals surface area contributed by atoms with E-state index in [1.165, 1.54) is 6.07 Å². The summed E-state index contributed by atoms with van der Waals surface area (Å²) in [6, 6.07) is 10.6. The van der Waals surface area contributed by atoms with Gasteiger partial charge >= 0.3 is 0 Å². The summed E-state index contributed by atoms with van der Waals surface area (Å²) in [6.07, 6.45) is -2.40. The van der Waals surface area contributed by atoms with Crippen LogP contribution in [0.3, 0.4) is 0 Å². The van der Waals surface area contributed by atoms with Crippen LogP contribution in [0, 0.1) is 0 Å². The maximum absolute atomic E-state index is 12.5. The Morgan fingerprint density at radius 3 is 2.40 bits per heavy atom. The first-order chi connectivity index (χ1) is 7.20. The predicted octanol–water partition coefficient (Wildman–Crippen LogP) is 4.67. The molecule has 0 nitrogen and oxygen atoms in total. The molecule has 3 heteroatoms. The molecule has 0 amide bonds. The van der Waals surface area contributed by atoms with Crippen molar-refractivity contribution in [2.75, 3.05) is 0 Å². The van der Waals surface area contributed by atoms with E-state index in [2.05, 4.69) is 15.9 Å². The van der Waals surface area contributed by atoms with Crippen LogP contribution in [0.5, 0.6) is 0 Å². The average Bonchev–Trinajstić information content (AvgIpc) is 2.27. The predicted molar refractivity (Wildman–Crippen MR) is 61.5 cm³/mol. The highest BCUT2D eigenvalue weighted by Gasteiger charge is 2.07. The van der Waals surface area contributed by atoms with Gasteiger partial charge in [-0.15, -0.1) is 0 Å². The van der Waals surface area contributed by atoms with Gasteiger partial charge in [0.15, 0.2) is 0 Å². The summed E-state index contributed by atoms with van der Waals surface area (Å²) in [4.78, 5) is 0. The van der Waals surface area contributed by atoms with Crippen molar-refractivity contribution in [1.82, 2.24) is 0 Å². The molecule has 0 aromatic heterocycles. The summed E-state index contributed by atoms with van der Waals surface area (Å²) in [6.45, 7) is 0. The Hall–Kier alpha value is -0.960. The molecule has 2 aromatic carbocycles. The largest absolute Gasteiger partial charge is 0.263 e. The van der Waals surface area contributed by atoms with Gasteiger partial charge in [0.05, 0.1) is 0 Å². The van der Waals surface area contributed by atoms with E-state index in [-0.39, 0.29) is 5.56 Å². The normalized spacial score (nSPS) is 11.2. The molecule has 0 saturated carbocycles. The molecule has 0 atom stereocenters. The molecule has 78 valence electrons. The van der Waals surface area contributed by atoms with Crippen LogP contribution in [0.4, 0.5) is 8.78 Å². The Balaban J connectivity index is 2.57. The van der Waals surface area contributed by atoms with Crippen LogP contribution in [0.15, 0.2) is 36.4 Å². The number of alkyl halides is 3. The minimum atomic E-state index is -2.40. The molecular formula is C12H9BrF2. The van der Waals surface area contributed by atoms with E-state index in [0.29, 0.717) is 0 Å². The summed E-state index contributed by atoms with van der Waals surface area (Å²) >= 11 is 3.34. The first-order valence-electron chi connectivity index (χ1n) is 4.57. The van der Waals surface area contributed by atoms with Crippen molar-refractivity contribution in [2.45, 2.75) is 11.8 Å². The topological polar surface area (TPSA) is 0 Å². The average molecular weight is 271 g/mol. The van der Waals surface area contributed by atoms with E-state index in [1.807, 2.05) is 18.2 Å². The van der Waals surface area contributed by atoms with Crippen molar-refractivity contribution in [2.24, 2.45) is 0 Å².